The quantitative estimate of drug-likeness (QED) is 0.194. The number of rotatable bonds is 10. The summed E-state index contributed by atoms with van der Waals surface area (Å²) >= 11 is 12.7. The summed E-state index contributed by atoms with van der Waals surface area (Å²) in [4.78, 5) is 35.2. The predicted octanol–water partition coefficient (Wildman–Crippen LogP) is 6.03. The molecule has 1 aromatic rings. The van der Waals surface area contributed by atoms with Crippen LogP contribution in [0, 0.1) is 17.3 Å². The van der Waals surface area contributed by atoms with Crippen molar-refractivity contribution in [3.8, 4) is 5.88 Å². The van der Waals surface area contributed by atoms with Gasteiger partial charge in [0.1, 0.15) is 5.02 Å². The van der Waals surface area contributed by atoms with Crippen LogP contribution < -0.4 is 10.5 Å². The van der Waals surface area contributed by atoms with Gasteiger partial charge in [0.2, 0.25) is 5.88 Å². The molecule has 1 fully saturated rings. The Morgan fingerprint density at radius 2 is 1.90 bits per heavy atom. The van der Waals surface area contributed by atoms with Crippen LogP contribution in [-0.2, 0) is 20.7 Å². The number of aliphatic imine (C=N–C) groups is 1. The average molecular weight is 624 g/mol. The Labute approximate surface area is 249 Å². The first kappa shape index (κ1) is 34.7. The monoisotopic (exact) mass is 622 g/mol. The molecule has 8 nitrogen and oxygen atoms in total. The summed E-state index contributed by atoms with van der Waals surface area (Å²) in [5, 5.41) is 0.390. The zero-order valence-electron chi connectivity index (χ0n) is 24.3. The van der Waals surface area contributed by atoms with Crippen molar-refractivity contribution in [2.45, 2.75) is 72.5 Å². The van der Waals surface area contributed by atoms with Crippen molar-refractivity contribution >= 4 is 40.8 Å². The topological polar surface area (TPSA) is 107 Å². The standard InChI is InChI=1S/C28H39Cl2F3N4O4/c1-7-41-26(39)18-9-8-17(12-16(18)2)36-23(28(31,32)33)20(13-34)25(38)37(15-27(3,4)5)11-10-19-21(29)14-35-24(40-6)22(19)30/h13-14,16-18H,7-12,15,34H2,1-6H3/t16-,17+,18+/m0/s1. The number of halogens is 5. The van der Waals surface area contributed by atoms with Gasteiger partial charge in [-0.05, 0) is 49.5 Å². The van der Waals surface area contributed by atoms with E-state index >= 15 is 0 Å². The highest BCUT2D eigenvalue weighted by molar-refractivity contribution is 6.36. The van der Waals surface area contributed by atoms with Crippen molar-refractivity contribution in [2.24, 2.45) is 28.0 Å². The SMILES string of the molecule is CCOC(=O)[C@@H]1CC[C@@H](N=C(C(=CN)C(=O)N(CCc2c(Cl)cnc(OC)c2Cl)CC(C)(C)C)C(F)(F)F)C[C@@H]1C. The summed E-state index contributed by atoms with van der Waals surface area (Å²) in [6, 6.07) is -0.743. The highest BCUT2D eigenvalue weighted by Gasteiger charge is 2.43. The van der Waals surface area contributed by atoms with Gasteiger partial charge in [0.05, 0.1) is 36.3 Å². The first-order chi connectivity index (χ1) is 19.0. The van der Waals surface area contributed by atoms with E-state index < -0.39 is 40.7 Å². The van der Waals surface area contributed by atoms with E-state index in [9.17, 15) is 22.8 Å². The fourth-order valence-corrected chi connectivity index (χ4v) is 5.52. The third kappa shape index (κ3) is 9.49. The van der Waals surface area contributed by atoms with Gasteiger partial charge >= 0.3 is 12.1 Å². The Morgan fingerprint density at radius 3 is 2.41 bits per heavy atom. The molecular weight excluding hydrogens is 584 g/mol. The molecule has 3 atom stereocenters. The summed E-state index contributed by atoms with van der Waals surface area (Å²) in [5.41, 5.74) is 3.58. The fourth-order valence-electron chi connectivity index (χ4n) is 4.91. The van der Waals surface area contributed by atoms with E-state index in [1.54, 1.807) is 13.8 Å². The number of hydrogen-bond acceptors (Lipinski definition) is 7. The third-order valence-electron chi connectivity index (χ3n) is 6.78. The van der Waals surface area contributed by atoms with E-state index in [2.05, 4.69) is 9.98 Å². The molecule has 0 aromatic carbocycles. The van der Waals surface area contributed by atoms with E-state index in [0.717, 1.165) is 0 Å². The van der Waals surface area contributed by atoms with Crippen LogP contribution in [0.2, 0.25) is 10.0 Å². The molecule has 230 valence electrons. The van der Waals surface area contributed by atoms with Crippen LogP contribution in [0.1, 0.15) is 59.4 Å². The zero-order chi connectivity index (χ0) is 31.1. The van der Waals surface area contributed by atoms with E-state index in [1.807, 2.05) is 20.8 Å². The van der Waals surface area contributed by atoms with Gasteiger partial charge < -0.3 is 20.1 Å². The van der Waals surface area contributed by atoms with Crippen LogP contribution in [-0.4, -0.2) is 66.5 Å². The molecule has 13 heteroatoms. The lowest BCUT2D eigenvalue weighted by Crippen LogP contribution is -2.44. The summed E-state index contributed by atoms with van der Waals surface area (Å²) < 4.78 is 53.4. The molecule has 0 bridgehead atoms. The Hall–Kier alpha value is -2.53. The van der Waals surface area contributed by atoms with Crippen LogP contribution in [0.3, 0.4) is 0 Å². The number of carbonyl (C=O) groups is 2. The van der Waals surface area contributed by atoms with Crippen LogP contribution >= 0.6 is 23.2 Å². The van der Waals surface area contributed by atoms with E-state index in [-0.39, 0.29) is 66.8 Å². The number of aromatic nitrogens is 1. The minimum atomic E-state index is -4.94. The molecule has 2 rings (SSSR count). The first-order valence-corrected chi connectivity index (χ1v) is 14.2. The van der Waals surface area contributed by atoms with Gasteiger partial charge in [0.25, 0.3) is 5.91 Å². The Morgan fingerprint density at radius 1 is 1.24 bits per heavy atom. The third-order valence-corrected chi connectivity index (χ3v) is 7.49. The van der Waals surface area contributed by atoms with Crippen LogP contribution in [0.5, 0.6) is 5.88 Å². The van der Waals surface area contributed by atoms with Gasteiger partial charge in [-0.15, -0.1) is 0 Å². The van der Waals surface area contributed by atoms with E-state index in [0.29, 0.717) is 18.2 Å². The number of pyridine rings is 1. The van der Waals surface area contributed by atoms with Gasteiger partial charge in [-0.25, -0.2) is 4.98 Å². The van der Waals surface area contributed by atoms with E-state index in [1.165, 1.54) is 18.2 Å². The number of methoxy groups -OCH3 is 1. The lowest BCUT2D eigenvalue weighted by Gasteiger charge is -2.33. The summed E-state index contributed by atoms with van der Waals surface area (Å²) in [6.07, 6.45) is -1.98. The molecule has 1 aliphatic carbocycles. The van der Waals surface area contributed by atoms with Gasteiger partial charge in [-0.3, -0.25) is 14.6 Å². The van der Waals surface area contributed by atoms with E-state index in [4.69, 9.17) is 38.4 Å². The Balaban J connectivity index is 2.39. The largest absolute Gasteiger partial charge is 0.480 e. The predicted molar refractivity (Wildman–Crippen MR) is 153 cm³/mol. The highest BCUT2D eigenvalue weighted by atomic mass is 35.5. The summed E-state index contributed by atoms with van der Waals surface area (Å²) in [7, 11) is 1.39. The molecule has 0 spiro atoms. The number of nitrogens with two attached hydrogens (primary N) is 1. The zero-order valence-corrected chi connectivity index (χ0v) is 25.8. The minimum absolute atomic E-state index is 0.00707. The van der Waals surface area contributed by atoms with Crippen molar-refractivity contribution in [3.63, 3.8) is 0 Å². The van der Waals surface area contributed by atoms with Crippen molar-refractivity contribution in [1.29, 1.82) is 0 Å². The number of carbonyl (C=O) groups excluding carboxylic acids is 2. The second kappa shape index (κ2) is 14.6. The van der Waals surface area contributed by atoms with Gasteiger partial charge in [-0.1, -0.05) is 50.9 Å². The maximum Gasteiger partial charge on any atom is 0.433 e. The average Bonchev–Trinajstić information content (AvgIpc) is 2.86. The number of nitrogens with zero attached hydrogens (tertiary/aromatic N) is 3. The Bertz CT molecular complexity index is 1150. The molecule has 1 heterocycles. The molecule has 2 N–H and O–H groups in total. The molecule has 0 radical (unpaired) electrons. The molecule has 41 heavy (non-hydrogen) atoms. The van der Waals surface area contributed by atoms with Gasteiger partial charge in [-0.2, -0.15) is 13.2 Å². The maximum atomic E-state index is 14.4. The second-order valence-corrected chi connectivity index (χ2v) is 12.1. The number of hydrogen-bond donors (Lipinski definition) is 1. The van der Waals surface area contributed by atoms with Crippen molar-refractivity contribution < 1.29 is 32.2 Å². The van der Waals surface area contributed by atoms with Crippen LogP contribution in [0.25, 0.3) is 0 Å². The van der Waals surface area contributed by atoms with Crippen molar-refractivity contribution in [3.05, 3.63) is 33.6 Å². The normalized spacial score (nSPS) is 20.5. The second-order valence-electron chi connectivity index (χ2n) is 11.3. The van der Waals surface area contributed by atoms with Gasteiger partial charge in [0, 0.05) is 25.5 Å². The molecule has 1 aliphatic rings. The lowest BCUT2D eigenvalue weighted by atomic mass is 9.78. The molecule has 1 aromatic heterocycles. The molecule has 1 amide bonds. The van der Waals surface area contributed by atoms with Crippen LogP contribution in [0.15, 0.2) is 23.0 Å². The molecule has 1 saturated carbocycles. The van der Waals surface area contributed by atoms with Gasteiger partial charge in [0.15, 0.2) is 5.71 Å². The molecule has 0 aliphatic heterocycles. The summed E-state index contributed by atoms with van der Waals surface area (Å²) in [6.45, 7) is 9.40. The smallest absolute Gasteiger partial charge is 0.433 e. The maximum absolute atomic E-state index is 14.4. The fraction of sp³-hybridized carbons (Fsp3) is 0.643. The molecular formula is C28H39Cl2F3N4O4. The number of esters is 1. The lowest BCUT2D eigenvalue weighted by molar-refractivity contribution is -0.151. The number of ether oxygens (including phenoxy) is 2. The molecule has 0 unspecified atom stereocenters. The van der Waals surface area contributed by atoms with Crippen molar-refractivity contribution in [2.75, 3.05) is 26.8 Å². The Kier molecular flexibility index (Phi) is 12.3. The highest BCUT2D eigenvalue weighted by Crippen LogP contribution is 2.35. The number of alkyl halides is 3. The van der Waals surface area contributed by atoms with Crippen molar-refractivity contribution in [1.82, 2.24) is 9.88 Å². The minimum Gasteiger partial charge on any atom is -0.480 e. The number of amides is 1. The summed E-state index contributed by atoms with van der Waals surface area (Å²) in [5.74, 6) is -1.78. The first-order valence-electron chi connectivity index (χ1n) is 13.4. The molecule has 0 saturated heterocycles. The van der Waals surface area contributed by atoms with Crippen LogP contribution in [0.4, 0.5) is 13.2 Å².